The van der Waals surface area contributed by atoms with Gasteiger partial charge in [-0.05, 0) is 31.2 Å². The molecule has 1 aliphatic rings. The number of ether oxygens (including phenoxy) is 2. The number of hydrogen-bond donors (Lipinski definition) is 3. The van der Waals surface area contributed by atoms with Crippen molar-refractivity contribution >= 4 is 0 Å². The first-order valence-electron chi connectivity index (χ1n) is 6.19. The van der Waals surface area contributed by atoms with Gasteiger partial charge in [-0.25, -0.2) is 0 Å². The van der Waals surface area contributed by atoms with Gasteiger partial charge in [0.15, 0.2) is 11.5 Å². The first kappa shape index (κ1) is 11.9. The average molecular weight is 261 g/mol. The van der Waals surface area contributed by atoms with Crippen LogP contribution in [0.3, 0.4) is 0 Å². The Bertz CT molecular complexity index is 645. The predicted molar refractivity (Wildman–Crippen MR) is 70.6 cm³/mol. The van der Waals surface area contributed by atoms with E-state index in [1.165, 1.54) is 0 Å². The van der Waals surface area contributed by atoms with Crippen LogP contribution >= 0.6 is 0 Å². The van der Waals surface area contributed by atoms with E-state index in [1.54, 1.807) is 0 Å². The highest BCUT2D eigenvalue weighted by atomic mass is 16.6. The van der Waals surface area contributed by atoms with Gasteiger partial charge in [-0.2, -0.15) is 0 Å². The molecule has 0 unspecified atom stereocenters. The molecular weight excluding hydrogens is 246 g/mol. The van der Waals surface area contributed by atoms with Crippen LogP contribution in [0.15, 0.2) is 23.0 Å². The molecule has 4 N–H and O–H groups in total. The van der Waals surface area contributed by atoms with Crippen molar-refractivity contribution in [3.63, 3.8) is 0 Å². The molecule has 2 aromatic rings. The minimum Gasteiger partial charge on any atom is -0.486 e. The summed E-state index contributed by atoms with van der Waals surface area (Å²) in [5, 5.41) is 5.48. The van der Waals surface area contributed by atoms with Crippen LogP contribution in [0.5, 0.6) is 11.5 Å². The molecule has 1 aromatic heterocycles. The van der Waals surface area contributed by atoms with Gasteiger partial charge in [-0.15, -0.1) is 0 Å². The van der Waals surface area contributed by atoms with E-state index in [4.69, 9.17) is 15.2 Å². The van der Waals surface area contributed by atoms with Crippen molar-refractivity contribution in [2.45, 2.75) is 6.42 Å². The lowest BCUT2D eigenvalue weighted by molar-refractivity contribution is 0.171. The fraction of sp³-hybridized carbons (Fsp3) is 0.308. The molecule has 19 heavy (non-hydrogen) atoms. The zero-order chi connectivity index (χ0) is 13.2. The van der Waals surface area contributed by atoms with Gasteiger partial charge in [-0.3, -0.25) is 15.0 Å². The summed E-state index contributed by atoms with van der Waals surface area (Å²) in [6.07, 6.45) is 0.530. The van der Waals surface area contributed by atoms with Gasteiger partial charge in [0.05, 0.1) is 5.69 Å². The Morgan fingerprint density at radius 3 is 2.74 bits per heavy atom. The lowest BCUT2D eigenvalue weighted by atomic mass is 10.1. The van der Waals surface area contributed by atoms with Gasteiger partial charge >= 0.3 is 0 Å². The molecule has 0 spiro atoms. The highest BCUT2D eigenvalue weighted by Gasteiger charge is 2.16. The number of aromatic nitrogens is 2. The summed E-state index contributed by atoms with van der Waals surface area (Å²) in [5.41, 5.74) is 7.71. The third-order valence-corrected chi connectivity index (χ3v) is 3.10. The zero-order valence-corrected chi connectivity index (χ0v) is 10.4. The molecule has 1 aromatic carbocycles. The van der Waals surface area contributed by atoms with E-state index in [9.17, 15) is 4.79 Å². The largest absolute Gasteiger partial charge is 0.486 e. The molecule has 1 aliphatic heterocycles. The SMILES string of the molecule is NCCc1c(-c2ccc3c(c2)OCCO3)[nH][nH]c1=O. The quantitative estimate of drug-likeness (QED) is 0.756. The third-order valence-electron chi connectivity index (χ3n) is 3.10. The van der Waals surface area contributed by atoms with Crippen LogP contribution < -0.4 is 20.8 Å². The maximum atomic E-state index is 11.7. The molecule has 3 rings (SSSR count). The first-order valence-corrected chi connectivity index (χ1v) is 6.19. The van der Waals surface area contributed by atoms with Crippen LogP contribution in [0.4, 0.5) is 0 Å². The highest BCUT2D eigenvalue weighted by molar-refractivity contribution is 5.66. The minimum absolute atomic E-state index is 0.129. The van der Waals surface area contributed by atoms with E-state index in [2.05, 4.69) is 10.2 Å². The Morgan fingerprint density at radius 2 is 1.95 bits per heavy atom. The van der Waals surface area contributed by atoms with Crippen molar-refractivity contribution in [1.82, 2.24) is 10.2 Å². The summed E-state index contributed by atoms with van der Waals surface area (Å²) in [6, 6.07) is 5.61. The van der Waals surface area contributed by atoms with Crippen LogP contribution in [0.2, 0.25) is 0 Å². The molecule has 0 aliphatic carbocycles. The average Bonchev–Trinajstić information content (AvgIpc) is 2.80. The van der Waals surface area contributed by atoms with Crippen molar-refractivity contribution in [3.8, 4) is 22.8 Å². The highest BCUT2D eigenvalue weighted by Crippen LogP contribution is 2.34. The number of fused-ring (bicyclic) bond motifs is 1. The van der Waals surface area contributed by atoms with E-state index < -0.39 is 0 Å². The van der Waals surface area contributed by atoms with Crippen molar-refractivity contribution in [1.29, 1.82) is 0 Å². The van der Waals surface area contributed by atoms with Crippen molar-refractivity contribution in [2.75, 3.05) is 19.8 Å². The number of nitrogens with one attached hydrogen (secondary N) is 2. The summed E-state index contributed by atoms with van der Waals surface area (Å²) in [4.78, 5) is 11.7. The second-order valence-corrected chi connectivity index (χ2v) is 4.33. The summed E-state index contributed by atoms with van der Waals surface area (Å²) in [6.45, 7) is 1.53. The molecule has 0 saturated heterocycles. The van der Waals surface area contributed by atoms with Crippen molar-refractivity contribution in [3.05, 3.63) is 34.1 Å². The van der Waals surface area contributed by atoms with E-state index >= 15 is 0 Å². The van der Waals surface area contributed by atoms with Gasteiger partial charge in [0.1, 0.15) is 13.2 Å². The van der Waals surface area contributed by atoms with Gasteiger partial charge < -0.3 is 15.2 Å². The number of hydrogen-bond acceptors (Lipinski definition) is 4. The maximum absolute atomic E-state index is 11.7. The van der Waals surface area contributed by atoms with E-state index in [-0.39, 0.29) is 5.56 Å². The smallest absolute Gasteiger partial charge is 0.267 e. The normalized spacial score (nSPS) is 13.5. The van der Waals surface area contributed by atoms with Crippen LogP contribution in [0.25, 0.3) is 11.3 Å². The number of aromatic amines is 2. The van der Waals surface area contributed by atoms with Gasteiger partial charge in [0, 0.05) is 11.1 Å². The number of H-pyrrole nitrogens is 2. The van der Waals surface area contributed by atoms with Crippen LogP contribution in [0.1, 0.15) is 5.56 Å². The summed E-state index contributed by atoms with van der Waals surface area (Å²) in [5.74, 6) is 1.43. The lowest BCUT2D eigenvalue weighted by Crippen LogP contribution is -2.15. The predicted octanol–water partition coefficient (Wildman–Crippen LogP) is 0.642. The standard InChI is InChI=1S/C13H15N3O3/c14-4-3-9-12(15-16-13(9)17)8-1-2-10-11(7-8)19-6-5-18-10/h1-2,7H,3-6,14H2,(H2,15,16,17). The molecule has 100 valence electrons. The third kappa shape index (κ3) is 2.10. The summed E-state index contributed by atoms with van der Waals surface area (Å²) >= 11 is 0. The van der Waals surface area contributed by atoms with Crippen LogP contribution in [0, 0.1) is 0 Å². The fourth-order valence-corrected chi connectivity index (χ4v) is 2.21. The maximum Gasteiger partial charge on any atom is 0.267 e. The molecule has 0 atom stereocenters. The molecule has 0 bridgehead atoms. The molecular formula is C13H15N3O3. The second kappa shape index (κ2) is 4.81. The van der Waals surface area contributed by atoms with E-state index in [0.717, 1.165) is 17.0 Å². The Kier molecular flexibility index (Phi) is 3.00. The monoisotopic (exact) mass is 261 g/mol. The van der Waals surface area contributed by atoms with Gasteiger partial charge in [0.2, 0.25) is 0 Å². The minimum atomic E-state index is -0.129. The Labute approximate surface area is 109 Å². The molecule has 0 saturated carbocycles. The molecule has 6 nitrogen and oxygen atoms in total. The van der Waals surface area contributed by atoms with E-state index in [1.807, 2.05) is 18.2 Å². The Hall–Kier alpha value is -2.21. The number of nitrogens with two attached hydrogens (primary N) is 1. The van der Waals surface area contributed by atoms with Crippen LogP contribution in [-0.4, -0.2) is 30.0 Å². The number of benzene rings is 1. The van der Waals surface area contributed by atoms with Gasteiger partial charge in [0.25, 0.3) is 5.56 Å². The molecule has 0 fully saturated rings. The lowest BCUT2D eigenvalue weighted by Gasteiger charge is -2.18. The molecule has 0 amide bonds. The zero-order valence-electron chi connectivity index (χ0n) is 10.4. The molecule has 2 heterocycles. The number of rotatable bonds is 3. The second-order valence-electron chi connectivity index (χ2n) is 4.33. The summed E-state index contributed by atoms with van der Waals surface area (Å²) < 4.78 is 11.0. The Balaban J connectivity index is 2.04. The molecule has 0 radical (unpaired) electrons. The first-order chi connectivity index (χ1) is 9.29. The van der Waals surface area contributed by atoms with Crippen LogP contribution in [-0.2, 0) is 6.42 Å². The summed E-state index contributed by atoms with van der Waals surface area (Å²) in [7, 11) is 0. The Morgan fingerprint density at radius 1 is 1.16 bits per heavy atom. The topological polar surface area (TPSA) is 93.1 Å². The van der Waals surface area contributed by atoms with Crippen molar-refractivity contribution < 1.29 is 9.47 Å². The fourth-order valence-electron chi connectivity index (χ4n) is 2.21. The van der Waals surface area contributed by atoms with E-state index in [0.29, 0.717) is 37.5 Å². The van der Waals surface area contributed by atoms with Crippen molar-refractivity contribution in [2.24, 2.45) is 5.73 Å². The molecule has 6 heteroatoms. The van der Waals surface area contributed by atoms with Gasteiger partial charge in [-0.1, -0.05) is 0 Å².